The lowest BCUT2D eigenvalue weighted by Gasteiger charge is -2.27. The van der Waals surface area contributed by atoms with Crippen LogP contribution in [0, 0.1) is 6.92 Å². The molecule has 1 aromatic heterocycles. The van der Waals surface area contributed by atoms with E-state index in [4.69, 9.17) is 16.3 Å². The Morgan fingerprint density at radius 3 is 2.56 bits per heavy atom. The average Bonchev–Trinajstić information content (AvgIpc) is 3.36. The van der Waals surface area contributed by atoms with Crippen molar-refractivity contribution in [2.45, 2.75) is 38.2 Å². The van der Waals surface area contributed by atoms with Gasteiger partial charge in [-0.2, -0.15) is 0 Å². The summed E-state index contributed by atoms with van der Waals surface area (Å²) in [5.74, 6) is 0.481. The van der Waals surface area contributed by atoms with E-state index in [1.807, 2.05) is 6.92 Å². The molecule has 0 saturated carbocycles. The van der Waals surface area contributed by atoms with Crippen molar-refractivity contribution >= 4 is 35.2 Å². The zero-order chi connectivity index (χ0) is 22.3. The number of halogens is 1. The number of anilines is 2. The molecular weight excluding hydrogens is 430 g/mol. The fourth-order valence-electron chi connectivity index (χ4n) is 4.73. The highest BCUT2D eigenvalue weighted by molar-refractivity contribution is 6.30. The molecule has 3 aliphatic heterocycles. The van der Waals surface area contributed by atoms with Crippen LogP contribution in [-0.4, -0.2) is 65.2 Å². The number of aryl methyl sites for hydroxylation is 1. The Morgan fingerprint density at radius 1 is 1.06 bits per heavy atom. The van der Waals surface area contributed by atoms with E-state index in [0.717, 1.165) is 37.3 Å². The number of benzene rings is 1. The monoisotopic (exact) mass is 455 g/mol. The third kappa shape index (κ3) is 3.99. The number of carbonyl (C=O) groups excluding carboxylic acids is 2. The molecule has 4 heterocycles. The third-order valence-electron chi connectivity index (χ3n) is 6.41. The zero-order valence-corrected chi connectivity index (χ0v) is 18.8. The second kappa shape index (κ2) is 8.24. The Hall–Kier alpha value is -2.87. The number of hydrogen-bond donors (Lipinski definition) is 0. The first-order valence-corrected chi connectivity index (χ1v) is 11.5. The van der Waals surface area contributed by atoms with Gasteiger partial charge < -0.3 is 14.5 Å². The molecule has 8 nitrogen and oxygen atoms in total. The summed E-state index contributed by atoms with van der Waals surface area (Å²) in [6.07, 6.45) is 3.65. The van der Waals surface area contributed by atoms with E-state index < -0.39 is 11.7 Å². The van der Waals surface area contributed by atoms with Crippen LogP contribution < -0.4 is 9.80 Å². The Bertz CT molecular complexity index is 1040. The molecule has 1 aromatic carbocycles. The highest BCUT2D eigenvalue weighted by atomic mass is 35.5. The molecule has 32 heavy (non-hydrogen) atoms. The molecule has 1 atom stereocenters. The van der Waals surface area contributed by atoms with Gasteiger partial charge in [-0.1, -0.05) is 11.6 Å². The molecule has 3 aliphatic rings. The fourth-order valence-corrected chi connectivity index (χ4v) is 4.86. The summed E-state index contributed by atoms with van der Waals surface area (Å²) < 4.78 is 5.79. The molecule has 0 radical (unpaired) electrons. The molecule has 1 unspecified atom stereocenters. The largest absolute Gasteiger partial charge is 0.439 e. The number of carbonyl (C=O) groups is 2. The van der Waals surface area contributed by atoms with Crippen LogP contribution in [0.1, 0.15) is 41.9 Å². The van der Waals surface area contributed by atoms with E-state index in [9.17, 15) is 9.59 Å². The third-order valence-corrected chi connectivity index (χ3v) is 6.66. The minimum Gasteiger partial charge on any atom is -0.439 e. The molecule has 3 saturated heterocycles. The van der Waals surface area contributed by atoms with Crippen molar-refractivity contribution < 1.29 is 14.3 Å². The van der Waals surface area contributed by atoms with E-state index in [2.05, 4.69) is 14.9 Å². The van der Waals surface area contributed by atoms with Gasteiger partial charge in [0.25, 0.3) is 5.91 Å². The number of likely N-dealkylation sites (tertiary alicyclic amines) is 1. The topological polar surface area (TPSA) is 78.9 Å². The van der Waals surface area contributed by atoms with Gasteiger partial charge in [0.2, 0.25) is 5.95 Å². The standard InChI is InChI=1S/C23H26ClN5O3/c1-16-13-19(26-21(25-16)27-10-3-2-4-11-27)20(30)28-12-9-23(14-28)15-29(22(31)32-23)18-7-5-17(24)6-8-18/h5-8,13H,2-4,9-12,14-15H2,1H3. The van der Waals surface area contributed by atoms with Gasteiger partial charge in [-0.15, -0.1) is 0 Å². The lowest BCUT2D eigenvalue weighted by atomic mass is 10.0. The Morgan fingerprint density at radius 2 is 1.81 bits per heavy atom. The van der Waals surface area contributed by atoms with Gasteiger partial charge in [0.05, 0.1) is 13.1 Å². The maximum absolute atomic E-state index is 13.3. The van der Waals surface area contributed by atoms with Crippen molar-refractivity contribution in [2.75, 3.05) is 42.5 Å². The zero-order valence-electron chi connectivity index (χ0n) is 18.1. The van der Waals surface area contributed by atoms with E-state index >= 15 is 0 Å². The molecule has 2 amide bonds. The van der Waals surface area contributed by atoms with Gasteiger partial charge in [-0.3, -0.25) is 9.69 Å². The van der Waals surface area contributed by atoms with Crippen LogP contribution in [0.4, 0.5) is 16.4 Å². The smallest absolute Gasteiger partial charge is 0.415 e. The number of piperidine rings is 1. The van der Waals surface area contributed by atoms with Gasteiger partial charge in [0.15, 0.2) is 5.60 Å². The first-order valence-electron chi connectivity index (χ1n) is 11.1. The van der Waals surface area contributed by atoms with Crippen LogP contribution in [0.25, 0.3) is 0 Å². The minimum absolute atomic E-state index is 0.147. The van der Waals surface area contributed by atoms with Crippen LogP contribution >= 0.6 is 11.6 Å². The van der Waals surface area contributed by atoms with Crippen molar-refractivity contribution in [3.63, 3.8) is 0 Å². The molecule has 168 valence electrons. The summed E-state index contributed by atoms with van der Waals surface area (Å²) in [5, 5.41) is 0.609. The van der Waals surface area contributed by atoms with Crippen LogP contribution in [0.2, 0.25) is 5.02 Å². The van der Waals surface area contributed by atoms with Gasteiger partial charge in [0, 0.05) is 42.5 Å². The SMILES string of the molecule is Cc1cc(C(=O)N2CCC3(C2)CN(c2ccc(Cl)cc2)C(=O)O3)nc(N2CCCCC2)n1. The predicted octanol–water partition coefficient (Wildman–Crippen LogP) is 3.67. The summed E-state index contributed by atoms with van der Waals surface area (Å²) in [6, 6.07) is 8.83. The van der Waals surface area contributed by atoms with E-state index in [1.54, 1.807) is 40.1 Å². The van der Waals surface area contributed by atoms with Crippen molar-refractivity contribution in [3.8, 4) is 0 Å². The summed E-state index contributed by atoms with van der Waals surface area (Å²) >= 11 is 5.97. The number of nitrogens with zero attached hydrogens (tertiary/aromatic N) is 5. The lowest BCUT2D eigenvalue weighted by Crippen LogP contribution is -2.40. The van der Waals surface area contributed by atoms with Crippen molar-refractivity contribution in [1.29, 1.82) is 0 Å². The van der Waals surface area contributed by atoms with E-state index in [1.165, 1.54) is 6.42 Å². The highest BCUT2D eigenvalue weighted by Crippen LogP contribution is 2.36. The van der Waals surface area contributed by atoms with Crippen LogP contribution in [-0.2, 0) is 4.74 Å². The summed E-state index contributed by atoms with van der Waals surface area (Å²) in [4.78, 5) is 40.5. The second-order valence-electron chi connectivity index (χ2n) is 8.83. The van der Waals surface area contributed by atoms with E-state index in [-0.39, 0.29) is 5.91 Å². The summed E-state index contributed by atoms with van der Waals surface area (Å²) in [6.45, 7) is 4.99. The molecule has 2 aromatic rings. The van der Waals surface area contributed by atoms with Gasteiger partial charge in [0.1, 0.15) is 5.69 Å². The normalized spacial score (nSPS) is 23.2. The van der Waals surface area contributed by atoms with Gasteiger partial charge >= 0.3 is 6.09 Å². The molecule has 0 bridgehead atoms. The number of rotatable bonds is 3. The summed E-state index contributed by atoms with van der Waals surface area (Å²) in [5.41, 5.74) is 1.20. The molecule has 5 rings (SSSR count). The first-order chi connectivity index (χ1) is 15.4. The lowest BCUT2D eigenvalue weighted by molar-refractivity contribution is 0.0551. The van der Waals surface area contributed by atoms with Crippen molar-refractivity contribution in [3.05, 3.63) is 46.7 Å². The predicted molar refractivity (Wildman–Crippen MR) is 121 cm³/mol. The van der Waals surface area contributed by atoms with Gasteiger partial charge in [-0.05, 0) is 56.5 Å². The Balaban J connectivity index is 1.31. The van der Waals surface area contributed by atoms with Crippen LogP contribution in [0.5, 0.6) is 0 Å². The summed E-state index contributed by atoms with van der Waals surface area (Å²) in [7, 11) is 0. The van der Waals surface area contributed by atoms with Gasteiger partial charge in [-0.25, -0.2) is 14.8 Å². The van der Waals surface area contributed by atoms with E-state index in [0.29, 0.717) is 42.7 Å². The number of hydrogen-bond acceptors (Lipinski definition) is 6. The fraction of sp³-hybridized carbons (Fsp3) is 0.478. The number of aromatic nitrogens is 2. The molecule has 0 aliphatic carbocycles. The Kier molecular flexibility index (Phi) is 5.41. The maximum atomic E-state index is 13.3. The maximum Gasteiger partial charge on any atom is 0.415 e. The number of amides is 2. The highest BCUT2D eigenvalue weighted by Gasteiger charge is 2.51. The average molecular weight is 456 g/mol. The molecule has 3 fully saturated rings. The number of ether oxygens (including phenoxy) is 1. The molecule has 1 spiro atoms. The molecule has 9 heteroatoms. The van der Waals surface area contributed by atoms with Crippen molar-refractivity contribution in [2.24, 2.45) is 0 Å². The molecular formula is C23H26ClN5O3. The first kappa shape index (κ1) is 21.0. The Labute approximate surface area is 192 Å². The quantitative estimate of drug-likeness (QED) is 0.702. The van der Waals surface area contributed by atoms with Crippen LogP contribution in [0.3, 0.4) is 0 Å². The van der Waals surface area contributed by atoms with Crippen LogP contribution in [0.15, 0.2) is 30.3 Å². The second-order valence-corrected chi connectivity index (χ2v) is 9.27. The minimum atomic E-state index is -0.704. The van der Waals surface area contributed by atoms with Crippen molar-refractivity contribution in [1.82, 2.24) is 14.9 Å². The molecule has 0 N–H and O–H groups in total.